The maximum atomic E-state index is 12.5. The van der Waals surface area contributed by atoms with Crippen molar-refractivity contribution in [3.05, 3.63) is 75.5 Å². The van der Waals surface area contributed by atoms with E-state index in [2.05, 4.69) is 25.8 Å². The Balaban J connectivity index is 1.77. The summed E-state index contributed by atoms with van der Waals surface area (Å²) in [5, 5.41) is 12.4. The summed E-state index contributed by atoms with van der Waals surface area (Å²) in [7, 11) is 0. The van der Waals surface area contributed by atoms with Crippen LogP contribution in [0.2, 0.25) is 0 Å². The zero-order valence-corrected chi connectivity index (χ0v) is 17.6. The van der Waals surface area contributed by atoms with Gasteiger partial charge in [0.25, 0.3) is 5.91 Å². The van der Waals surface area contributed by atoms with Crippen LogP contribution in [0.15, 0.2) is 58.7 Å². The lowest BCUT2D eigenvalue weighted by atomic mass is 10.1. The van der Waals surface area contributed by atoms with Gasteiger partial charge in [-0.25, -0.2) is 9.69 Å². The number of carbonyl (C=O) groups is 3. The first kappa shape index (κ1) is 19.9. The molecule has 1 aromatic heterocycles. The van der Waals surface area contributed by atoms with Gasteiger partial charge in [0.05, 0.1) is 0 Å². The molecule has 3 aromatic rings. The molecule has 4 rings (SSSR count). The molecule has 30 heavy (non-hydrogen) atoms. The molecule has 152 valence electrons. The van der Waals surface area contributed by atoms with Crippen molar-refractivity contribution >= 4 is 50.8 Å². The van der Waals surface area contributed by atoms with Gasteiger partial charge in [0, 0.05) is 33.2 Å². The summed E-state index contributed by atoms with van der Waals surface area (Å²) in [6, 6.07) is 15.2. The van der Waals surface area contributed by atoms with Gasteiger partial charge in [0.15, 0.2) is 0 Å². The molecule has 1 fully saturated rings. The van der Waals surface area contributed by atoms with Crippen LogP contribution in [0.4, 0.5) is 4.79 Å². The summed E-state index contributed by atoms with van der Waals surface area (Å²) < 4.78 is 3.16. The Hall–Kier alpha value is -3.39. The van der Waals surface area contributed by atoms with Crippen molar-refractivity contribution in [2.75, 3.05) is 6.54 Å². The highest BCUT2D eigenvalue weighted by Gasteiger charge is 2.35. The summed E-state index contributed by atoms with van der Waals surface area (Å²) in [4.78, 5) is 36.2. The molecule has 2 aromatic carbocycles. The van der Waals surface area contributed by atoms with Gasteiger partial charge in [-0.1, -0.05) is 46.3 Å². The van der Waals surface area contributed by atoms with E-state index in [1.54, 1.807) is 6.08 Å². The number of fused-ring (bicyclic) bond motifs is 1. The van der Waals surface area contributed by atoms with Gasteiger partial charge in [-0.15, -0.1) is 0 Å². The van der Waals surface area contributed by atoms with Crippen molar-refractivity contribution in [2.45, 2.75) is 13.5 Å². The molecule has 3 amide bonds. The van der Waals surface area contributed by atoms with Crippen LogP contribution >= 0.6 is 15.9 Å². The molecule has 0 aliphatic carbocycles. The molecule has 1 saturated heterocycles. The molecule has 1 aliphatic rings. The number of para-hydroxylation sites is 1. The molecule has 8 heteroatoms. The molecule has 0 bridgehead atoms. The Morgan fingerprint density at radius 2 is 1.83 bits per heavy atom. The first-order valence-electron chi connectivity index (χ1n) is 9.24. The zero-order chi connectivity index (χ0) is 21.4. The number of carboxylic acid groups (broad SMARTS) is 1. The molecule has 0 atom stereocenters. The quantitative estimate of drug-likeness (QED) is 0.441. The highest BCUT2D eigenvalue weighted by Crippen LogP contribution is 2.29. The summed E-state index contributed by atoms with van der Waals surface area (Å²) in [5.74, 6) is -1.89. The minimum absolute atomic E-state index is 0.0656. The number of aromatic nitrogens is 1. The summed E-state index contributed by atoms with van der Waals surface area (Å²) in [6.07, 6.45) is 1.62. The monoisotopic (exact) mass is 467 g/mol. The SMILES string of the molecule is Cc1c(/C=C2/NC(=O)N(CC(=O)O)C2=O)c2ccccc2n1Cc1ccc(Br)cc1. The number of rotatable bonds is 5. The van der Waals surface area contributed by atoms with Crippen LogP contribution in [0.1, 0.15) is 16.8 Å². The van der Waals surface area contributed by atoms with E-state index in [4.69, 9.17) is 5.11 Å². The standard InChI is InChI=1S/C22H18BrN3O4/c1-13-17(10-18-21(29)26(12-20(27)28)22(30)24-18)16-4-2-3-5-19(16)25(13)11-14-6-8-15(23)9-7-14/h2-10H,11-12H2,1H3,(H,24,30)(H,27,28)/b18-10+. The number of hydrogen-bond acceptors (Lipinski definition) is 3. The Morgan fingerprint density at radius 3 is 2.53 bits per heavy atom. The smallest absolute Gasteiger partial charge is 0.329 e. The van der Waals surface area contributed by atoms with Crippen LogP contribution in [0.3, 0.4) is 0 Å². The Labute approximate surface area is 180 Å². The van der Waals surface area contributed by atoms with Gasteiger partial charge >= 0.3 is 12.0 Å². The lowest BCUT2D eigenvalue weighted by molar-refractivity contribution is -0.140. The normalized spacial score (nSPS) is 15.3. The van der Waals surface area contributed by atoms with E-state index in [1.807, 2.05) is 55.5 Å². The second-order valence-corrected chi connectivity index (χ2v) is 7.92. The number of aliphatic carboxylic acids is 1. The molecule has 7 nitrogen and oxygen atoms in total. The second-order valence-electron chi connectivity index (χ2n) is 7.00. The van der Waals surface area contributed by atoms with Gasteiger partial charge in [-0.2, -0.15) is 0 Å². The number of imide groups is 1. The van der Waals surface area contributed by atoms with Crippen molar-refractivity contribution < 1.29 is 19.5 Å². The minimum Gasteiger partial charge on any atom is -0.480 e. The predicted molar refractivity (Wildman–Crippen MR) is 116 cm³/mol. The van der Waals surface area contributed by atoms with Crippen molar-refractivity contribution in [3.8, 4) is 0 Å². The van der Waals surface area contributed by atoms with Gasteiger partial charge < -0.3 is 15.0 Å². The fraction of sp³-hybridized carbons (Fsp3) is 0.136. The van der Waals surface area contributed by atoms with E-state index in [-0.39, 0.29) is 5.70 Å². The zero-order valence-electron chi connectivity index (χ0n) is 16.1. The lowest BCUT2D eigenvalue weighted by Gasteiger charge is -2.09. The lowest BCUT2D eigenvalue weighted by Crippen LogP contribution is -2.35. The Bertz CT molecular complexity index is 1210. The topological polar surface area (TPSA) is 91.6 Å². The second kappa shape index (κ2) is 7.79. The first-order chi connectivity index (χ1) is 14.3. The molecule has 2 N–H and O–H groups in total. The maximum absolute atomic E-state index is 12.5. The number of carboxylic acids is 1. The van der Waals surface area contributed by atoms with Gasteiger partial charge in [0.2, 0.25) is 0 Å². The highest BCUT2D eigenvalue weighted by molar-refractivity contribution is 9.10. The minimum atomic E-state index is -1.25. The van der Waals surface area contributed by atoms with Crippen LogP contribution in [0.25, 0.3) is 17.0 Å². The summed E-state index contributed by atoms with van der Waals surface area (Å²) in [5.41, 5.74) is 3.94. The molecular formula is C22H18BrN3O4. The third-order valence-corrected chi connectivity index (χ3v) is 5.61. The van der Waals surface area contributed by atoms with Gasteiger partial charge in [-0.05, 0) is 36.8 Å². The molecule has 0 saturated carbocycles. The molecule has 2 heterocycles. The predicted octanol–water partition coefficient (Wildman–Crippen LogP) is 3.74. The van der Waals surface area contributed by atoms with Crippen LogP contribution < -0.4 is 5.32 Å². The van der Waals surface area contributed by atoms with Crippen LogP contribution in [0.5, 0.6) is 0 Å². The van der Waals surface area contributed by atoms with E-state index >= 15 is 0 Å². The third-order valence-electron chi connectivity index (χ3n) is 5.08. The number of amides is 3. The van der Waals surface area contributed by atoms with Crippen LogP contribution in [0, 0.1) is 6.92 Å². The summed E-state index contributed by atoms with van der Waals surface area (Å²) in [6.45, 7) is 1.93. The maximum Gasteiger partial charge on any atom is 0.329 e. The molecule has 1 aliphatic heterocycles. The average molecular weight is 468 g/mol. The largest absolute Gasteiger partial charge is 0.480 e. The fourth-order valence-electron chi connectivity index (χ4n) is 3.61. The number of hydrogen-bond donors (Lipinski definition) is 2. The Kier molecular flexibility index (Phi) is 5.17. The molecule has 0 radical (unpaired) electrons. The number of benzene rings is 2. The molecular weight excluding hydrogens is 450 g/mol. The molecule has 0 unspecified atom stereocenters. The number of nitrogens with zero attached hydrogens (tertiary/aromatic N) is 2. The fourth-order valence-corrected chi connectivity index (χ4v) is 3.88. The third kappa shape index (κ3) is 3.61. The summed E-state index contributed by atoms with van der Waals surface area (Å²) >= 11 is 3.45. The highest BCUT2D eigenvalue weighted by atomic mass is 79.9. The van der Waals surface area contributed by atoms with E-state index in [9.17, 15) is 14.4 Å². The number of halogens is 1. The van der Waals surface area contributed by atoms with E-state index < -0.39 is 24.5 Å². The first-order valence-corrected chi connectivity index (χ1v) is 10.0. The van der Waals surface area contributed by atoms with Crippen LogP contribution in [-0.2, 0) is 16.1 Å². The van der Waals surface area contributed by atoms with Crippen molar-refractivity contribution in [2.24, 2.45) is 0 Å². The number of carbonyl (C=O) groups excluding carboxylic acids is 2. The average Bonchev–Trinajstić information content (AvgIpc) is 3.13. The van der Waals surface area contributed by atoms with E-state index in [0.29, 0.717) is 11.4 Å². The van der Waals surface area contributed by atoms with E-state index in [0.717, 1.165) is 32.2 Å². The van der Waals surface area contributed by atoms with Gasteiger partial charge in [0.1, 0.15) is 12.2 Å². The van der Waals surface area contributed by atoms with Crippen LogP contribution in [-0.4, -0.2) is 39.0 Å². The number of urea groups is 1. The van der Waals surface area contributed by atoms with Crippen molar-refractivity contribution in [1.29, 1.82) is 0 Å². The molecule has 0 spiro atoms. The van der Waals surface area contributed by atoms with E-state index in [1.165, 1.54) is 0 Å². The van der Waals surface area contributed by atoms with Gasteiger partial charge in [-0.3, -0.25) is 9.59 Å². The Morgan fingerprint density at radius 1 is 1.13 bits per heavy atom. The number of nitrogens with one attached hydrogen (secondary N) is 1. The van der Waals surface area contributed by atoms with Crippen molar-refractivity contribution in [3.63, 3.8) is 0 Å². The van der Waals surface area contributed by atoms with Crippen molar-refractivity contribution in [1.82, 2.24) is 14.8 Å².